The summed E-state index contributed by atoms with van der Waals surface area (Å²) in [7, 11) is 0. The molecule has 3 rings (SSSR count). The third-order valence-corrected chi connectivity index (χ3v) is 4.74. The van der Waals surface area contributed by atoms with Gasteiger partial charge in [-0.05, 0) is 25.9 Å². The van der Waals surface area contributed by atoms with E-state index >= 15 is 0 Å². The van der Waals surface area contributed by atoms with Gasteiger partial charge in [-0.15, -0.1) is 0 Å². The lowest BCUT2D eigenvalue weighted by molar-refractivity contribution is -0.117. The smallest absolute Gasteiger partial charge is 0.238 e. The zero-order valence-corrected chi connectivity index (χ0v) is 14.7. The SMILES string of the molecule is O=C(CN1CCCCCCC1)Nc1cc2c(cc1Cl)OCCCO2. The van der Waals surface area contributed by atoms with Crippen molar-refractivity contribution >= 4 is 23.2 Å². The first-order chi connectivity index (χ1) is 11.7. The molecule has 0 aliphatic carbocycles. The maximum atomic E-state index is 12.4. The van der Waals surface area contributed by atoms with Gasteiger partial charge in [-0.2, -0.15) is 0 Å². The normalized spacial score (nSPS) is 19.0. The number of nitrogens with one attached hydrogen (secondary N) is 1. The Hall–Kier alpha value is -1.46. The number of carbonyl (C=O) groups excluding carboxylic acids is 1. The van der Waals surface area contributed by atoms with Crippen LogP contribution in [-0.4, -0.2) is 43.7 Å². The van der Waals surface area contributed by atoms with E-state index < -0.39 is 0 Å². The van der Waals surface area contributed by atoms with Crippen molar-refractivity contribution in [1.82, 2.24) is 4.90 Å². The molecule has 0 unspecified atom stereocenters. The molecular weight excluding hydrogens is 328 g/mol. The molecule has 5 nitrogen and oxygen atoms in total. The minimum Gasteiger partial charge on any atom is -0.490 e. The second-order valence-electron chi connectivity index (χ2n) is 6.42. The lowest BCUT2D eigenvalue weighted by atomic mass is 10.1. The van der Waals surface area contributed by atoms with Gasteiger partial charge >= 0.3 is 0 Å². The summed E-state index contributed by atoms with van der Waals surface area (Å²) in [6, 6.07) is 3.47. The summed E-state index contributed by atoms with van der Waals surface area (Å²) in [5.41, 5.74) is 0.581. The first-order valence-corrected chi connectivity index (χ1v) is 9.21. The molecule has 1 N–H and O–H groups in total. The quantitative estimate of drug-likeness (QED) is 0.901. The van der Waals surface area contributed by atoms with E-state index in [9.17, 15) is 4.79 Å². The Bertz CT molecular complexity index is 572. The van der Waals surface area contributed by atoms with E-state index in [4.69, 9.17) is 21.1 Å². The first-order valence-electron chi connectivity index (χ1n) is 8.84. The fourth-order valence-corrected chi connectivity index (χ4v) is 3.34. The van der Waals surface area contributed by atoms with Crippen LogP contribution >= 0.6 is 11.6 Å². The Morgan fingerprint density at radius 2 is 1.62 bits per heavy atom. The number of carbonyl (C=O) groups is 1. The Labute approximate surface area is 148 Å². The van der Waals surface area contributed by atoms with Gasteiger partial charge in [0.25, 0.3) is 0 Å². The van der Waals surface area contributed by atoms with E-state index in [1.165, 1.54) is 19.3 Å². The van der Waals surface area contributed by atoms with E-state index in [-0.39, 0.29) is 5.91 Å². The van der Waals surface area contributed by atoms with Gasteiger partial charge in [0.05, 0.1) is 30.5 Å². The number of amides is 1. The number of hydrogen-bond donors (Lipinski definition) is 1. The van der Waals surface area contributed by atoms with Gasteiger partial charge in [-0.25, -0.2) is 0 Å². The summed E-state index contributed by atoms with van der Waals surface area (Å²) in [4.78, 5) is 14.6. The monoisotopic (exact) mass is 352 g/mol. The molecule has 2 heterocycles. The third kappa shape index (κ3) is 4.77. The van der Waals surface area contributed by atoms with Gasteiger partial charge in [-0.1, -0.05) is 30.9 Å². The number of nitrogens with zero attached hydrogens (tertiary/aromatic N) is 1. The maximum Gasteiger partial charge on any atom is 0.238 e. The Balaban J connectivity index is 1.62. The molecule has 24 heavy (non-hydrogen) atoms. The fourth-order valence-electron chi connectivity index (χ4n) is 3.14. The third-order valence-electron chi connectivity index (χ3n) is 4.43. The highest BCUT2D eigenvalue weighted by atomic mass is 35.5. The molecule has 0 atom stereocenters. The Morgan fingerprint density at radius 3 is 2.33 bits per heavy atom. The van der Waals surface area contributed by atoms with Crippen molar-refractivity contribution in [2.75, 3.05) is 38.2 Å². The van der Waals surface area contributed by atoms with Crippen molar-refractivity contribution in [1.29, 1.82) is 0 Å². The molecule has 1 fully saturated rings. The van der Waals surface area contributed by atoms with Crippen molar-refractivity contribution < 1.29 is 14.3 Å². The molecule has 0 aromatic heterocycles. The maximum absolute atomic E-state index is 12.4. The van der Waals surface area contributed by atoms with Gasteiger partial charge in [-0.3, -0.25) is 9.69 Å². The minimum atomic E-state index is -0.0352. The number of benzene rings is 1. The topological polar surface area (TPSA) is 50.8 Å². The van der Waals surface area contributed by atoms with Crippen LogP contribution in [0.3, 0.4) is 0 Å². The van der Waals surface area contributed by atoms with Crippen LogP contribution in [0.25, 0.3) is 0 Å². The minimum absolute atomic E-state index is 0.0352. The van der Waals surface area contributed by atoms with Gasteiger partial charge < -0.3 is 14.8 Å². The summed E-state index contributed by atoms with van der Waals surface area (Å²) in [5.74, 6) is 1.24. The average molecular weight is 353 g/mol. The predicted octanol–water partition coefficient (Wildman–Crippen LogP) is 3.71. The summed E-state index contributed by atoms with van der Waals surface area (Å²) >= 11 is 6.29. The zero-order chi connectivity index (χ0) is 16.8. The van der Waals surface area contributed by atoms with E-state index in [0.29, 0.717) is 42.0 Å². The second-order valence-corrected chi connectivity index (χ2v) is 6.83. The van der Waals surface area contributed by atoms with Gasteiger partial charge in [0.2, 0.25) is 5.91 Å². The molecule has 1 amide bonds. The summed E-state index contributed by atoms with van der Waals surface area (Å²) < 4.78 is 11.3. The van der Waals surface area contributed by atoms with Crippen LogP contribution in [0.2, 0.25) is 5.02 Å². The van der Waals surface area contributed by atoms with Crippen LogP contribution in [0.5, 0.6) is 11.5 Å². The fraction of sp³-hybridized carbons (Fsp3) is 0.611. The Kier molecular flexibility index (Phi) is 6.21. The first kappa shape index (κ1) is 17.4. The molecular formula is C18H25ClN2O3. The summed E-state index contributed by atoms with van der Waals surface area (Å²) in [6.07, 6.45) is 6.99. The summed E-state index contributed by atoms with van der Waals surface area (Å²) in [5, 5.41) is 3.39. The number of anilines is 1. The number of halogens is 1. The highest BCUT2D eigenvalue weighted by Crippen LogP contribution is 2.37. The van der Waals surface area contributed by atoms with Crippen molar-refractivity contribution in [3.63, 3.8) is 0 Å². The number of hydrogen-bond acceptors (Lipinski definition) is 4. The van der Waals surface area contributed by atoms with Gasteiger partial charge in [0, 0.05) is 18.6 Å². The molecule has 2 aliphatic rings. The number of likely N-dealkylation sites (tertiary alicyclic amines) is 1. The zero-order valence-electron chi connectivity index (χ0n) is 14.0. The average Bonchev–Trinajstić information content (AvgIpc) is 2.75. The molecule has 0 spiro atoms. The molecule has 1 saturated heterocycles. The molecule has 0 bridgehead atoms. The van der Waals surface area contributed by atoms with Crippen LogP contribution in [0.15, 0.2) is 12.1 Å². The second kappa shape index (κ2) is 8.58. The van der Waals surface area contributed by atoms with Crippen LogP contribution in [0, 0.1) is 0 Å². The molecule has 2 aliphatic heterocycles. The van der Waals surface area contributed by atoms with Crippen LogP contribution in [0.1, 0.15) is 38.5 Å². The van der Waals surface area contributed by atoms with Crippen molar-refractivity contribution in [3.05, 3.63) is 17.2 Å². The van der Waals surface area contributed by atoms with E-state index in [2.05, 4.69) is 10.2 Å². The van der Waals surface area contributed by atoms with Crippen molar-refractivity contribution in [3.8, 4) is 11.5 Å². The molecule has 6 heteroatoms. The summed E-state index contributed by atoms with van der Waals surface area (Å²) in [6.45, 7) is 3.61. The molecule has 1 aromatic carbocycles. The van der Waals surface area contributed by atoms with Crippen LogP contribution in [-0.2, 0) is 4.79 Å². The lowest BCUT2D eigenvalue weighted by Crippen LogP contribution is -2.35. The van der Waals surface area contributed by atoms with E-state index in [0.717, 1.165) is 32.4 Å². The lowest BCUT2D eigenvalue weighted by Gasteiger charge is -2.24. The highest BCUT2D eigenvalue weighted by molar-refractivity contribution is 6.34. The predicted molar refractivity (Wildman–Crippen MR) is 95.2 cm³/mol. The molecule has 0 saturated carbocycles. The Morgan fingerprint density at radius 1 is 1.00 bits per heavy atom. The van der Waals surface area contributed by atoms with Crippen molar-refractivity contribution in [2.45, 2.75) is 38.5 Å². The van der Waals surface area contributed by atoms with Gasteiger partial charge in [0.15, 0.2) is 11.5 Å². The number of fused-ring (bicyclic) bond motifs is 1. The van der Waals surface area contributed by atoms with E-state index in [1.54, 1.807) is 12.1 Å². The number of rotatable bonds is 3. The van der Waals surface area contributed by atoms with Crippen LogP contribution in [0.4, 0.5) is 5.69 Å². The van der Waals surface area contributed by atoms with Crippen molar-refractivity contribution in [2.24, 2.45) is 0 Å². The van der Waals surface area contributed by atoms with E-state index in [1.807, 2.05) is 0 Å². The molecule has 1 aromatic rings. The largest absolute Gasteiger partial charge is 0.490 e. The van der Waals surface area contributed by atoms with Gasteiger partial charge in [0.1, 0.15) is 0 Å². The highest BCUT2D eigenvalue weighted by Gasteiger charge is 2.17. The molecule has 132 valence electrons. The van der Waals surface area contributed by atoms with Crippen LogP contribution < -0.4 is 14.8 Å². The number of ether oxygens (including phenoxy) is 2. The standard InChI is InChI=1S/C18H25ClN2O3/c19-14-11-16-17(24-10-6-9-23-16)12-15(14)20-18(22)13-21-7-4-2-1-3-5-8-21/h11-12H,1-10,13H2,(H,20,22). The molecule has 0 radical (unpaired) electrons.